The smallest absolute Gasteiger partial charge is 0.135 e. The second-order valence-corrected chi connectivity index (χ2v) is 3.77. The normalized spacial score (nSPS) is 10.4. The van der Waals surface area contributed by atoms with Gasteiger partial charge in [0.05, 0.1) is 6.61 Å². The molecule has 1 aromatic carbocycles. The van der Waals surface area contributed by atoms with Crippen LogP contribution < -0.4 is 4.74 Å². The van der Waals surface area contributed by atoms with Gasteiger partial charge in [-0.1, -0.05) is 12.1 Å². The maximum Gasteiger partial charge on any atom is 0.135 e. The van der Waals surface area contributed by atoms with Crippen molar-refractivity contribution in [1.82, 2.24) is 14.8 Å². The molecule has 84 valence electrons. The molecule has 0 radical (unpaired) electrons. The van der Waals surface area contributed by atoms with Crippen molar-refractivity contribution < 1.29 is 4.74 Å². The quantitative estimate of drug-likeness (QED) is 0.783. The molecule has 0 aliphatic heterocycles. The van der Waals surface area contributed by atoms with Crippen molar-refractivity contribution in [1.29, 1.82) is 0 Å². The molecule has 16 heavy (non-hydrogen) atoms. The van der Waals surface area contributed by atoms with E-state index < -0.39 is 0 Å². The predicted molar refractivity (Wildman–Crippen MR) is 61.4 cm³/mol. The van der Waals surface area contributed by atoms with Crippen LogP contribution in [0.2, 0.25) is 0 Å². The van der Waals surface area contributed by atoms with Crippen LogP contribution in [0.5, 0.6) is 5.75 Å². The first-order valence-corrected chi connectivity index (χ1v) is 5.28. The Kier molecular flexibility index (Phi) is 3.19. The van der Waals surface area contributed by atoms with Gasteiger partial charge in [0, 0.05) is 13.5 Å². The van der Waals surface area contributed by atoms with Crippen molar-refractivity contribution in [3.05, 3.63) is 42.0 Å². The van der Waals surface area contributed by atoms with Crippen molar-refractivity contribution >= 4 is 0 Å². The van der Waals surface area contributed by atoms with Gasteiger partial charge in [-0.15, -0.1) is 10.2 Å². The Bertz CT molecular complexity index is 465. The zero-order chi connectivity index (χ0) is 11.4. The molecule has 0 atom stereocenters. The highest BCUT2D eigenvalue weighted by molar-refractivity contribution is 5.27. The first-order chi connectivity index (χ1) is 7.75. The summed E-state index contributed by atoms with van der Waals surface area (Å²) in [5.74, 6) is 1.84. The number of ether oxygens (including phenoxy) is 1. The summed E-state index contributed by atoms with van der Waals surface area (Å²) in [6, 6.07) is 8.03. The SMILES string of the molecule is Cc1cccc(OCCc2nncn2C)c1. The summed E-state index contributed by atoms with van der Waals surface area (Å²) >= 11 is 0. The molecular weight excluding hydrogens is 202 g/mol. The standard InChI is InChI=1S/C12H15N3O/c1-10-4-3-5-11(8-10)16-7-6-12-14-13-9-15(12)2/h3-5,8-9H,6-7H2,1-2H3. The molecule has 2 rings (SSSR count). The highest BCUT2D eigenvalue weighted by atomic mass is 16.5. The molecule has 0 aliphatic rings. The molecule has 0 saturated heterocycles. The van der Waals surface area contributed by atoms with Gasteiger partial charge in [-0.25, -0.2) is 0 Å². The summed E-state index contributed by atoms with van der Waals surface area (Å²) in [6.07, 6.45) is 2.46. The zero-order valence-electron chi connectivity index (χ0n) is 9.55. The maximum atomic E-state index is 5.63. The molecule has 0 N–H and O–H groups in total. The minimum Gasteiger partial charge on any atom is -0.493 e. The van der Waals surface area contributed by atoms with Gasteiger partial charge in [0.15, 0.2) is 0 Å². The topological polar surface area (TPSA) is 39.9 Å². The lowest BCUT2D eigenvalue weighted by molar-refractivity contribution is 0.317. The molecule has 4 nitrogen and oxygen atoms in total. The van der Waals surface area contributed by atoms with E-state index in [9.17, 15) is 0 Å². The molecule has 0 aliphatic carbocycles. The largest absolute Gasteiger partial charge is 0.493 e. The number of benzene rings is 1. The van der Waals surface area contributed by atoms with Gasteiger partial charge < -0.3 is 9.30 Å². The Morgan fingerprint density at radius 3 is 2.94 bits per heavy atom. The predicted octanol–water partition coefficient (Wildman–Crippen LogP) is 1.75. The Hall–Kier alpha value is -1.84. The van der Waals surface area contributed by atoms with E-state index in [-0.39, 0.29) is 0 Å². The molecule has 4 heteroatoms. The van der Waals surface area contributed by atoms with E-state index >= 15 is 0 Å². The van der Waals surface area contributed by atoms with Gasteiger partial charge in [0.25, 0.3) is 0 Å². The van der Waals surface area contributed by atoms with Crippen LogP contribution in [0.4, 0.5) is 0 Å². The van der Waals surface area contributed by atoms with Crippen molar-refractivity contribution in [2.24, 2.45) is 7.05 Å². The minimum absolute atomic E-state index is 0.621. The van der Waals surface area contributed by atoms with Crippen molar-refractivity contribution in [3.8, 4) is 5.75 Å². The number of rotatable bonds is 4. The number of hydrogen-bond acceptors (Lipinski definition) is 3. The molecule has 1 heterocycles. The van der Waals surface area contributed by atoms with Crippen LogP contribution in [0.3, 0.4) is 0 Å². The molecule has 0 saturated carbocycles. The van der Waals surface area contributed by atoms with Crippen LogP contribution >= 0.6 is 0 Å². The Morgan fingerprint density at radius 1 is 1.38 bits per heavy atom. The monoisotopic (exact) mass is 217 g/mol. The fourth-order valence-corrected chi connectivity index (χ4v) is 1.50. The van der Waals surface area contributed by atoms with Gasteiger partial charge in [0.2, 0.25) is 0 Å². The number of aryl methyl sites for hydroxylation is 2. The highest BCUT2D eigenvalue weighted by Crippen LogP contribution is 2.12. The lowest BCUT2D eigenvalue weighted by Crippen LogP contribution is -2.06. The molecular formula is C12H15N3O. The molecule has 0 spiro atoms. The number of aromatic nitrogens is 3. The van der Waals surface area contributed by atoms with Gasteiger partial charge in [-0.3, -0.25) is 0 Å². The average Bonchev–Trinajstić information content (AvgIpc) is 2.65. The van der Waals surface area contributed by atoms with E-state index in [4.69, 9.17) is 4.74 Å². The molecule has 0 fully saturated rings. The van der Waals surface area contributed by atoms with E-state index in [1.165, 1.54) is 5.56 Å². The van der Waals surface area contributed by atoms with E-state index in [0.717, 1.165) is 18.0 Å². The number of nitrogens with zero attached hydrogens (tertiary/aromatic N) is 3. The van der Waals surface area contributed by atoms with Crippen molar-refractivity contribution in [2.45, 2.75) is 13.3 Å². The highest BCUT2D eigenvalue weighted by Gasteiger charge is 2.00. The fraction of sp³-hybridized carbons (Fsp3) is 0.333. The summed E-state index contributed by atoms with van der Waals surface area (Å²) in [5.41, 5.74) is 1.20. The summed E-state index contributed by atoms with van der Waals surface area (Å²) in [7, 11) is 1.93. The van der Waals surface area contributed by atoms with Crippen molar-refractivity contribution in [3.63, 3.8) is 0 Å². The second-order valence-electron chi connectivity index (χ2n) is 3.77. The van der Waals surface area contributed by atoms with E-state index in [0.29, 0.717) is 6.61 Å². The first-order valence-electron chi connectivity index (χ1n) is 5.28. The van der Waals surface area contributed by atoms with Crippen LogP contribution in [0, 0.1) is 6.92 Å². The lowest BCUT2D eigenvalue weighted by atomic mass is 10.2. The van der Waals surface area contributed by atoms with Crippen LogP contribution in [-0.4, -0.2) is 21.4 Å². The maximum absolute atomic E-state index is 5.63. The van der Waals surface area contributed by atoms with Gasteiger partial charge in [-0.05, 0) is 24.6 Å². The summed E-state index contributed by atoms with van der Waals surface area (Å²) in [6.45, 7) is 2.67. The third-order valence-corrected chi connectivity index (χ3v) is 2.39. The van der Waals surface area contributed by atoms with E-state index in [2.05, 4.69) is 23.2 Å². The van der Waals surface area contributed by atoms with Crippen LogP contribution in [0.1, 0.15) is 11.4 Å². The summed E-state index contributed by atoms with van der Waals surface area (Å²) < 4.78 is 7.54. The van der Waals surface area contributed by atoms with E-state index in [1.807, 2.05) is 29.8 Å². The third-order valence-electron chi connectivity index (χ3n) is 2.39. The minimum atomic E-state index is 0.621. The van der Waals surface area contributed by atoms with E-state index in [1.54, 1.807) is 6.33 Å². The Balaban J connectivity index is 1.87. The first kappa shape index (κ1) is 10.7. The molecule has 1 aromatic heterocycles. The number of hydrogen-bond donors (Lipinski definition) is 0. The molecule has 2 aromatic rings. The molecule has 0 unspecified atom stereocenters. The van der Waals surface area contributed by atoms with Crippen LogP contribution in [-0.2, 0) is 13.5 Å². The summed E-state index contributed by atoms with van der Waals surface area (Å²) in [4.78, 5) is 0. The lowest BCUT2D eigenvalue weighted by Gasteiger charge is -2.06. The van der Waals surface area contributed by atoms with Crippen LogP contribution in [0.15, 0.2) is 30.6 Å². The third kappa shape index (κ3) is 2.59. The van der Waals surface area contributed by atoms with Gasteiger partial charge in [-0.2, -0.15) is 0 Å². The second kappa shape index (κ2) is 4.79. The average molecular weight is 217 g/mol. The molecule has 0 bridgehead atoms. The Labute approximate surface area is 94.9 Å². The fourth-order valence-electron chi connectivity index (χ4n) is 1.50. The van der Waals surface area contributed by atoms with Gasteiger partial charge in [0.1, 0.15) is 17.9 Å². The van der Waals surface area contributed by atoms with Crippen molar-refractivity contribution in [2.75, 3.05) is 6.61 Å². The zero-order valence-corrected chi connectivity index (χ0v) is 9.55. The van der Waals surface area contributed by atoms with Gasteiger partial charge >= 0.3 is 0 Å². The Morgan fingerprint density at radius 2 is 2.25 bits per heavy atom. The summed E-state index contributed by atoms with van der Waals surface area (Å²) in [5, 5.41) is 7.82. The molecule has 0 amide bonds. The van der Waals surface area contributed by atoms with Crippen LogP contribution in [0.25, 0.3) is 0 Å².